The number of methoxy groups -OCH3 is 2. The summed E-state index contributed by atoms with van der Waals surface area (Å²) in [6, 6.07) is 6.79. The van der Waals surface area contributed by atoms with Gasteiger partial charge in [-0.2, -0.15) is 0 Å². The van der Waals surface area contributed by atoms with Crippen molar-refractivity contribution in [2.45, 2.75) is 0 Å². The van der Waals surface area contributed by atoms with Gasteiger partial charge in [-0.3, -0.25) is 9.59 Å². The number of hydrogen-bond acceptors (Lipinski definition) is 4. The number of benzene rings is 2. The smallest absolute Gasteiger partial charge is 0.256 e. The molecule has 8 heteroatoms. The molecule has 0 unspecified atom stereocenters. The van der Waals surface area contributed by atoms with Crippen molar-refractivity contribution in [1.82, 2.24) is 0 Å². The SMILES string of the molecule is COc1cc(I)c(C(=O)Nc2ccc(F)c(C(N)=O)c2)cc1OC. The summed E-state index contributed by atoms with van der Waals surface area (Å²) in [7, 11) is 2.96. The Balaban J connectivity index is 2.33. The number of hydrogen-bond donors (Lipinski definition) is 2. The molecule has 2 aromatic carbocycles. The molecule has 0 heterocycles. The van der Waals surface area contributed by atoms with Gasteiger partial charge >= 0.3 is 0 Å². The molecular weight excluding hydrogens is 430 g/mol. The van der Waals surface area contributed by atoms with Crippen LogP contribution in [0.3, 0.4) is 0 Å². The molecule has 0 bridgehead atoms. The lowest BCUT2D eigenvalue weighted by atomic mass is 10.1. The molecule has 2 aromatic rings. The second kappa shape index (κ2) is 7.47. The predicted molar refractivity (Wildman–Crippen MR) is 95.1 cm³/mol. The number of anilines is 1. The van der Waals surface area contributed by atoms with Gasteiger partial charge in [0.15, 0.2) is 11.5 Å². The lowest BCUT2D eigenvalue weighted by Gasteiger charge is -2.12. The highest BCUT2D eigenvalue weighted by Gasteiger charge is 2.17. The van der Waals surface area contributed by atoms with Crippen LogP contribution in [-0.4, -0.2) is 26.0 Å². The van der Waals surface area contributed by atoms with Crippen LogP contribution in [0, 0.1) is 9.39 Å². The van der Waals surface area contributed by atoms with Crippen LogP contribution in [0.1, 0.15) is 20.7 Å². The fourth-order valence-electron chi connectivity index (χ4n) is 2.02. The summed E-state index contributed by atoms with van der Waals surface area (Å²) in [4.78, 5) is 23.6. The molecule has 0 saturated heterocycles. The first-order chi connectivity index (χ1) is 11.4. The van der Waals surface area contributed by atoms with E-state index in [9.17, 15) is 14.0 Å². The van der Waals surface area contributed by atoms with Gasteiger partial charge in [0.05, 0.1) is 25.3 Å². The zero-order valence-electron chi connectivity index (χ0n) is 12.9. The maximum Gasteiger partial charge on any atom is 0.256 e. The predicted octanol–water partition coefficient (Wildman–Crippen LogP) is 2.80. The van der Waals surface area contributed by atoms with Crippen LogP contribution >= 0.6 is 22.6 Å². The van der Waals surface area contributed by atoms with Crippen molar-refractivity contribution in [3.63, 3.8) is 0 Å². The summed E-state index contributed by atoms with van der Waals surface area (Å²) in [6.45, 7) is 0. The van der Waals surface area contributed by atoms with Gasteiger partial charge in [0.25, 0.3) is 11.8 Å². The lowest BCUT2D eigenvalue weighted by Crippen LogP contribution is -2.16. The summed E-state index contributed by atoms with van der Waals surface area (Å²) in [5.41, 5.74) is 5.40. The number of halogens is 2. The van der Waals surface area contributed by atoms with Gasteiger partial charge < -0.3 is 20.5 Å². The Morgan fingerprint density at radius 3 is 2.29 bits per heavy atom. The van der Waals surface area contributed by atoms with Crippen LogP contribution in [0.2, 0.25) is 0 Å². The van der Waals surface area contributed by atoms with Crippen molar-refractivity contribution in [3.8, 4) is 11.5 Å². The minimum Gasteiger partial charge on any atom is -0.493 e. The molecule has 3 N–H and O–H groups in total. The summed E-state index contributed by atoms with van der Waals surface area (Å²) >= 11 is 1.99. The standard InChI is InChI=1S/C16H14FIN2O4/c1-23-13-6-10(12(18)7-14(13)24-2)16(22)20-8-3-4-11(17)9(5-8)15(19)21/h3-7H,1-2H3,(H2,19,21)(H,20,22). The molecule has 0 saturated carbocycles. The fourth-order valence-corrected chi connectivity index (χ4v) is 2.70. The second-order valence-electron chi connectivity index (χ2n) is 4.70. The van der Waals surface area contributed by atoms with Crippen LogP contribution < -0.4 is 20.5 Å². The van der Waals surface area contributed by atoms with Crippen LogP contribution in [0.4, 0.5) is 10.1 Å². The van der Waals surface area contributed by atoms with Gasteiger partial charge in [0, 0.05) is 9.26 Å². The quantitative estimate of drug-likeness (QED) is 0.695. The van der Waals surface area contributed by atoms with E-state index in [1.54, 1.807) is 6.07 Å². The fraction of sp³-hybridized carbons (Fsp3) is 0.125. The average Bonchev–Trinajstić information content (AvgIpc) is 2.55. The molecular formula is C16H14FIN2O4. The number of nitrogens with one attached hydrogen (secondary N) is 1. The Morgan fingerprint density at radius 1 is 1.08 bits per heavy atom. The van der Waals surface area contributed by atoms with Crippen LogP contribution in [0.15, 0.2) is 30.3 Å². The molecule has 2 rings (SSSR count). The second-order valence-corrected chi connectivity index (χ2v) is 5.86. The zero-order valence-corrected chi connectivity index (χ0v) is 15.0. The van der Waals surface area contributed by atoms with Crippen LogP contribution in [0.25, 0.3) is 0 Å². The van der Waals surface area contributed by atoms with Crippen molar-refractivity contribution >= 4 is 40.1 Å². The van der Waals surface area contributed by atoms with Gasteiger partial charge in [-0.15, -0.1) is 0 Å². The third-order valence-electron chi connectivity index (χ3n) is 3.21. The average molecular weight is 444 g/mol. The first-order valence-corrected chi connectivity index (χ1v) is 7.77. The Morgan fingerprint density at radius 2 is 1.71 bits per heavy atom. The Kier molecular flexibility index (Phi) is 5.60. The number of ether oxygens (including phenoxy) is 2. The molecule has 0 radical (unpaired) electrons. The number of carbonyl (C=O) groups is 2. The van der Waals surface area contributed by atoms with Gasteiger partial charge in [0.2, 0.25) is 0 Å². The summed E-state index contributed by atoms with van der Waals surface area (Å²) in [5.74, 6) is -1.20. The molecule has 24 heavy (non-hydrogen) atoms. The molecule has 0 fully saturated rings. The number of nitrogens with two attached hydrogens (primary N) is 1. The molecule has 2 amide bonds. The molecule has 126 valence electrons. The zero-order chi connectivity index (χ0) is 17.9. The molecule has 0 spiro atoms. The van der Waals surface area contributed by atoms with E-state index in [-0.39, 0.29) is 11.3 Å². The molecule has 0 aliphatic carbocycles. The maximum atomic E-state index is 13.5. The first kappa shape index (κ1) is 18.0. The molecule has 0 aromatic heterocycles. The highest BCUT2D eigenvalue weighted by atomic mass is 127. The Bertz CT molecular complexity index is 811. The van der Waals surface area contributed by atoms with Crippen molar-refractivity contribution in [1.29, 1.82) is 0 Å². The molecule has 0 aliphatic heterocycles. The van der Waals surface area contributed by atoms with Gasteiger partial charge in [-0.05, 0) is 52.9 Å². The van der Waals surface area contributed by atoms with E-state index in [0.29, 0.717) is 20.6 Å². The minimum atomic E-state index is -0.913. The van der Waals surface area contributed by atoms with Gasteiger partial charge in [0.1, 0.15) is 5.82 Å². The number of carbonyl (C=O) groups excluding carboxylic acids is 2. The third kappa shape index (κ3) is 3.75. The van der Waals surface area contributed by atoms with Crippen LogP contribution in [0.5, 0.6) is 11.5 Å². The van der Waals surface area contributed by atoms with Gasteiger partial charge in [-0.25, -0.2) is 4.39 Å². The number of primary amides is 1. The molecule has 6 nitrogen and oxygen atoms in total. The van der Waals surface area contributed by atoms with Crippen molar-refractivity contribution in [2.24, 2.45) is 5.73 Å². The first-order valence-electron chi connectivity index (χ1n) is 6.69. The van der Waals surface area contributed by atoms with E-state index in [0.717, 1.165) is 6.07 Å². The van der Waals surface area contributed by atoms with Gasteiger partial charge in [-0.1, -0.05) is 0 Å². The third-order valence-corrected chi connectivity index (χ3v) is 4.10. The lowest BCUT2D eigenvalue weighted by molar-refractivity contribution is 0.0992. The minimum absolute atomic E-state index is 0.251. The van der Waals surface area contributed by atoms with E-state index in [1.807, 2.05) is 22.6 Å². The highest BCUT2D eigenvalue weighted by Crippen LogP contribution is 2.31. The van der Waals surface area contributed by atoms with E-state index < -0.39 is 17.6 Å². The van der Waals surface area contributed by atoms with E-state index in [4.69, 9.17) is 15.2 Å². The van der Waals surface area contributed by atoms with Crippen molar-refractivity contribution in [2.75, 3.05) is 19.5 Å². The van der Waals surface area contributed by atoms with E-state index >= 15 is 0 Å². The topological polar surface area (TPSA) is 90.6 Å². The van der Waals surface area contributed by atoms with E-state index in [2.05, 4.69) is 5.32 Å². The normalized spacial score (nSPS) is 10.2. The molecule has 0 aliphatic rings. The molecule has 0 atom stereocenters. The van der Waals surface area contributed by atoms with Crippen molar-refractivity contribution < 1.29 is 23.5 Å². The summed E-state index contributed by atoms with van der Waals surface area (Å²) in [5, 5.41) is 2.60. The summed E-state index contributed by atoms with van der Waals surface area (Å²) < 4.78 is 24.5. The van der Waals surface area contributed by atoms with Crippen LogP contribution in [-0.2, 0) is 0 Å². The monoisotopic (exact) mass is 444 g/mol. The number of rotatable bonds is 5. The Labute approximate surface area is 151 Å². The number of amides is 2. The van der Waals surface area contributed by atoms with Crippen molar-refractivity contribution in [3.05, 3.63) is 50.8 Å². The largest absolute Gasteiger partial charge is 0.493 e. The summed E-state index contributed by atoms with van der Waals surface area (Å²) in [6.07, 6.45) is 0. The van der Waals surface area contributed by atoms with E-state index in [1.165, 1.54) is 32.4 Å². The maximum absolute atomic E-state index is 13.5. The Hall–Kier alpha value is -2.36. The highest BCUT2D eigenvalue weighted by molar-refractivity contribution is 14.1.